The van der Waals surface area contributed by atoms with Crippen molar-refractivity contribution in [3.05, 3.63) is 119 Å². The van der Waals surface area contributed by atoms with Crippen LogP contribution in [0.2, 0.25) is 0 Å². The monoisotopic (exact) mass is 588 g/mol. The summed E-state index contributed by atoms with van der Waals surface area (Å²) in [5.74, 6) is 0.232. The van der Waals surface area contributed by atoms with Crippen LogP contribution in [0.5, 0.6) is 0 Å². The first-order valence-corrected chi connectivity index (χ1v) is 15.1. The molecule has 0 saturated heterocycles. The van der Waals surface area contributed by atoms with E-state index in [1.165, 1.54) is 0 Å². The van der Waals surface area contributed by atoms with Gasteiger partial charge in [-0.15, -0.1) is 5.10 Å². The molecule has 12 heteroatoms. The molecule has 0 saturated carbocycles. The number of benzene rings is 2. The third kappa shape index (κ3) is 5.25. The molecule has 4 aromatic heterocycles. The average Bonchev–Trinajstić information content (AvgIpc) is 3.62. The zero-order valence-electron chi connectivity index (χ0n) is 22.9. The van der Waals surface area contributed by atoms with Crippen molar-refractivity contribution in [2.45, 2.75) is 12.3 Å². The van der Waals surface area contributed by atoms with Crippen molar-refractivity contribution in [3.8, 4) is 16.9 Å². The predicted octanol–water partition coefficient (Wildman–Crippen LogP) is 3.90. The Morgan fingerprint density at radius 1 is 0.860 bits per heavy atom. The first-order valence-electron chi connectivity index (χ1n) is 13.4. The topological polar surface area (TPSA) is 138 Å². The number of hydrogen-bond acceptors (Lipinski definition) is 8. The Labute approximate surface area is 245 Å². The standard InChI is InChI=1S/C31H24N8O3S/c1-38-18-23(16-33-38)22-14-26-27(32-15-22)12-11-21-10-9-20(13-25(21)31(26)40)19-43(41,42)34-17-24-5-4-8-30(35-24)39-29-7-3-2-6-28(29)36-37-39/h2-16,18,34H,17,19H2,1H3. The summed E-state index contributed by atoms with van der Waals surface area (Å²) in [6, 6.07) is 23.4. The summed E-state index contributed by atoms with van der Waals surface area (Å²) in [5.41, 5.74) is 4.50. The highest BCUT2D eigenvalue weighted by Gasteiger charge is 2.15. The molecule has 11 nitrogen and oxygen atoms in total. The van der Waals surface area contributed by atoms with E-state index in [2.05, 4.69) is 30.1 Å². The van der Waals surface area contributed by atoms with E-state index in [0.717, 1.165) is 22.2 Å². The summed E-state index contributed by atoms with van der Waals surface area (Å²) in [6.45, 7) is -0.00836. The maximum Gasteiger partial charge on any atom is 0.216 e. The fraction of sp³-hybridized carbons (Fsp3) is 0.0968. The largest absolute Gasteiger partial charge is 0.289 e. The quantitative estimate of drug-likeness (QED) is 0.296. The fourth-order valence-corrected chi connectivity index (χ4v) is 6.13. The average molecular weight is 589 g/mol. The Balaban J connectivity index is 1.15. The number of hydrogen-bond donors (Lipinski definition) is 1. The number of pyridine rings is 2. The van der Waals surface area contributed by atoms with Crippen LogP contribution in [0.4, 0.5) is 0 Å². The predicted molar refractivity (Wildman–Crippen MR) is 164 cm³/mol. The van der Waals surface area contributed by atoms with Crippen molar-refractivity contribution in [3.63, 3.8) is 0 Å². The zero-order chi connectivity index (χ0) is 29.6. The molecule has 4 heterocycles. The summed E-state index contributed by atoms with van der Waals surface area (Å²) < 4.78 is 32.1. The second-order valence-corrected chi connectivity index (χ2v) is 12.0. The van der Waals surface area contributed by atoms with Crippen LogP contribution >= 0.6 is 0 Å². The number of para-hydroxylation sites is 1. The lowest BCUT2D eigenvalue weighted by Gasteiger charge is -2.08. The van der Waals surface area contributed by atoms with Crippen LogP contribution in [0.25, 0.3) is 49.7 Å². The molecule has 7 aromatic rings. The zero-order valence-corrected chi connectivity index (χ0v) is 23.7. The van der Waals surface area contributed by atoms with Gasteiger partial charge in [-0.25, -0.2) is 18.1 Å². The van der Waals surface area contributed by atoms with Gasteiger partial charge in [-0.05, 0) is 53.4 Å². The van der Waals surface area contributed by atoms with Gasteiger partial charge in [0.1, 0.15) is 5.52 Å². The van der Waals surface area contributed by atoms with Crippen LogP contribution in [0.15, 0.2) is 102 Å². The highest BCUT2D eigenvalue weighted by Crippen LogP contribution is 2.23. The molecule has 0 aliphatic rings. The van der Waals surface area contributed by atoms with Gasteiger partial charge in [-0.1, -0.05) is 41.6 Å². The summed E-state index contributed by atoms with van der Waals surface area (Å²) in [5, 5.41) is 14.1. The van der Waals surface area contributed by atoms with Gasteiger partial charge in [-0.3, -0.25) is 14.5 Å². The summed E-state index contributed by atoms with van der Waals surface area (Å²) in [4.78, 5) is 22.8. The molecule has 0 bridgehead atoms. The summed E-state index contributed by atoms with van der Waals surface area (Å²) in [6.07, 6.45) is 5.28. The molecule has 1 N–H and O–H groups in total. The van der Waals surface area contributed by atoms with Gasteiger partial charge >= 0.3 is 0 Å². The molecule has 7 rings (SSSR count). The first-order chi connectivity index (χ1) is 20.8. The summed E-state index contributed by atoms with van der Waals surface area (Å²) in [7, 11) is -1.94. The van der Waals surface area contributed by atoms with Crippen molar-refractivity contribution < 1.29 is 8.42 Å². The molecule has 0 aliphatic heterocycles. The van der Waals surface area contributed by atoms with Gasteiger partial charge in [0.15, 0.2) is 11.2 Å². The normalized spacial score (nSPS) is 11.9. The number of fused-ring (bicyclic) bond motifs is 3. The van der Waals surface area contributed by atoms with Crippen LogP contribution in [0.3, 0.4) is 0 Å². The minimum Gasteiger partial charge on any atom is -0.289 e. The lowest BCUT2D eigenvalue weighted by Crippen LogP contribution is -2.25. The molecule has 43 heavy (non-hydrogen) atoms. The van der Waals surface area contributed by atoms with Crippen molar-refractivity contribution in [1.82, 2.24) is 39.5 Å². The van der Waals surface area contributed by atoms with Crippen molar-refractivity contribution >= 4 is 42.7 Å². The van der Waals surface area contributed by atoms with E-state index in [0.29, 0.717) is 38.8 Å². The van der Waals surface area contributed by atoms with Gasteiger partial charge in [0.25, 0.3) is 0 Å². The molecule has 0 fully saturated rings. The fourth-order valence-electron chi connectivity index (χ4n) is 5.04. The maximum atomic E-state index is 13.7. The molecule has 212 valence electrons. The van der Waals surface area contributed by atoms with Crippen molar-refractivity contribution in [2.75, 3.05) is 0 Å². The van der Waals surface area contributed by atoms with E-state index in [1.54, 1.807) is 70.3 Å². The maximum absolute atomic E-state index is 13.7. The second kappa shape index (κ2) is 10.5. The second-order valence-electron chi connectivity index (χ2n) is 10.2. The summed E-state index contributed by atoms with van der Waals surface area (Å²) >= 11 is 0. The van der Waals surface area contributed by atoms with E-state index >= 15 is 0 Å². The van der Waals surface area contributed by atoms with Crippen LogP contribution in [-0.2, 0) is 29.4 Å². The van der Waals surface area contributed by atoms with Crippen LogP contribution < -0.4 is 10.2 Å². The Bertz CT molecular complexity index is 2350. The van der Waals surface area contributed by atoms with E-state index < -0.39 is 10.0 Å². The highest BCUT2D eigenvalue weighted by atomic mass is 32.2. The lowest BCUT2D eigenvalue weighted by atomic mass is 10.1. The molecule has 0 amide bonds. The molecule has 0 aliphatic carbocycles. The van der Waals surface area contributed by atoms with Gasteiger partial charge in [0.2, 0.25) is 10.0 Å². The highest BCUT2D eigenvalue weighted by molar-refractivity contribution is 7.88. The molecular formula is C31H24N8O3S. The Kier molecular flexibility index (Phi) is 6.48. The number of aryl methyl sites for hydroxylation is 1. The van der Waals surface area contributed by atoms with E-state index in [-0.39, 0.29) is 17.7 Å². The Hall–Kier alpha value is -5.33. The Morgan fingerprint density at radius 3 is 2.58 bits per heavy atom. The van der Waals surface area contributed by atoms with E-state index in [4.69, 9.17) is 0 Å². The molecular weight excluding hydrogens is 564 g/mol. The van der Waals surface area contributed by atoms with Crippen LogP contribution in [0, 0.1) is 0 Å². The number of sulfonamides is 1. The Morgan fingerprint density at radius 2 is 1.72 bits per heavy atom. The molecule has 0 radical (unpaired) electrons. The van der Waals surface area contributed by atoms with Gasteiger partial charge in [0.05, 0.1) is 35.2 Å². The van der Waals surface area contributed by atoms with Crippen molar-refractivity contribution in [1.29, 1.82) is 0 Å². The minimum absolute atomic E-state index is 0.00836. The van der Waals surface area contributed by atoms with Crippen LogP contribution in [-0.4, -0.2) is 43.2 Å². The molecule has 0 atom stereocenters. The van der Waals surface area contributed by atoms with Gasteiger partial charge < -0.3 is 0 Å². The van der Waals surface area contributed by atoms with Gasteiger partial charge in [-0.2, -0.15) is 9.78 Å². The molecule has 0 spiro atoms. The number of nitrogens with one attached hydrogen (secondary N) is 1. The smallest absolute Gasteiger partial charge is 0.216 e. The van der Waals surface area contributed by atoms with Crippen LogP contribution in [0.1, 0.15) is 11.3 Å². The lowest BCUT2D eigenvalue weighted by molar-refractivity contribution is 0.579. The van der Waals surface area contributed by atoms with Crippen molar-refractivity contribution in [2.24, 2.45) is 7.05 Å². The third-order valence-corrected chi connectivity index (χ3v) is 8.47. The molecule has 0 unspecified atom stereocenters. The van der Waals surface area contributed by atoms with E-state index in [1.807, 2.05) is 43.6 Å². The number of aromatic nitrogens is 7. The number of nitrogens with zero attached hydrogens (tertiary/aromatic N) is 7. The first kappa shape index (κ1) is 26.6. The number of rotatable bonds is 7. The SMILES string of the molecule is Cn1cc(-c2cnc3ccc4ccc(CS(=O)(=O)NCc5cccc(-n6nnc7ccccc76)n5)cc4c(=O)c3c2)cn1. The van der Waals surface area contributed by atoms with Gasteiger partial charge in [0, 0.05) is 41.3 Å². The third-order valence-electron chi connectivity index (χ3n) is 7.18. The minimum atomic E-state index is -3.76. The molecule has 3 aromatic carbocycles. The van der Waals surface area contributed by atoms with E-state index in [9.17, 15) is 13.2 Å².